The molecule has 0 amide bonds. The first-order chi connectivity index (χ1) is 9.57. The lowest BCUT2D eigenvalue weighted by Crippen LogP contribution is -2.10. The number of para-hydroxylation sites is 1. The third-order valence-electron chi connectivity index (χ3n) is 3.74. The third-order valence-corrected chi connectivity index (χ3v) is 3.74. The van der Waals surface area contributed by atoms with Crippen molar-refractivity contribution < 1.29 is 0 Å². The van der Waals surface area contributed by atoms with E-state index in [4.69, 9.17) is 5.26 Å². The van der Waals surface area contributed by atoms with Crippen LogP contribution in [0.25, 0.3) is 10.9 Å². The lowest BCUT2D eigenvalue weighted by Gasteiger charge is -2.15. The molecule has 0 fully saturated rings. The zero-order valence-electron chi connectivity index (χ0n) is 12.6. The van der Waals surface area contributed by atoms with Crippen molar-refractivity contribution in [3.63, 3.8) is 0 Å². The van der Waals surface area contributed by atoms with Gasteiger partial charge in [0, 0.05) is 19.3 Å². The molecule has 0 bridgehead atoms. The SMILES string of the molecule is CNCc1cccc2ccn(CCCC(C)(C)C#N)c12. The molecule has 1 aromatic carbocycles. The van der Waals surface area contributed by atoms with Gasteiger partial charge >= 0.3 is 0 Å². The quantitative estimate of drug-likeness (QED) is 0.869. The number of rotatable bonds is 6. The fourth-order valence-corrected chi connectivity index (χ4v) is 2.61. The van der Waals surface area contributed by atoms with Crippen molar-refractivity contribution in [2.24, 2.45) is 5.41 Å². The van der Waals surface area contributed by atoms with E-state index in [1.807, 2.05) is 20.9 Å². The molecule has 1 aromatic heterocycles. The Balaban J connectivity index is 2.16. The van der Waals surface area contributed by atoms with Crippen LogP contribution >= 0.6 is 0 Å². The second kappa shape index (κ2) is 6.11. The van der Waals surface area contributed by atoms with Crippen LogP contribution in [-0.4, -0.2) is 11.6 Å². The second-order valence-electron chi connectivity index (χ2n) is 5.99. The molecule has 3 heteroatoms. The molecule has 0 saturated heterocycles. The van der Waals surface area contributed by atoms with Gasteiger partial charge in [0.1, 0.15) is 0 Å². The lowest BCUT2D eigenvalue weighted by molar-refractivity contribution is 0.418. The maximum absolute atomic E-state index is 9.07. The maximum atomic E-state index is 9.07. The van der Waals surface area contributed by atoms with Gasteiger partial charge in [-0.05, 0) is 50.8 Å². The van der Waals surface area contributed by atoms with Crippen LogP contribution in [0.15, 0.2) is 30.5 Å². The minimum absolute atomic E-state index is 0.225. The van der Waals surface area contributed by atoms with Crippen molar-refractivity contribution >= 4 is 10.9 Å². The smallest absolute Gasteiger partial charge is 0.0683 e. The highest BCUT2D eigenvalue weighted by atomic mass is 15.0. The Morgan fingerprint density at radius 2 is 2.10 bits per heavy atom. The first-order valence-electron chi connectivity index (χ1n) is 7.20. The number of aromatic nitrogens is 1. The molecule has 3 nitrogen and oxygen atoms in total. The lowest BCUT2D eigenvalue weighted by atomic mass is 9.90. The summed E-state index contributed by atoms with van der Waals surface area (Å²) in [5.74, 6) is 0. The van der Waals surface area contributed by atoms with Crippen molar-refractivity contribution in [2.45, 2.75) is 39.8 Å². The normalized spacial score (nSPS) is 11.7. The first kappa shape index (κ1) is 14.6. The van der Waals surface area contributed by atoms with Gasteiger partial charge in [0.2, 0.25) is 0 Å². The molecule has 0 aliphatic carbocycles. The number of aryl methyl sites for hydroxylation is 1. The number of nitrogens with one attached hydrogen (secondary N) is 1. The average Bonchev–Trinajstić information content (AvgIpc) is 2.83. The van der Waals surface area contributed by atoms with Crippen LogP contribution in [0.4, 0.5) is 0 Å². The highest BCUT2D eigenvalue weighted by Gasteiger charge is 2.16. The van der Waals surface area contributed by atoms with Crippen molar-refractivity contribution in [2.75, 3.05) is 7.05 Å². The zero-order valence-corrected chi connectivity index (χ0v) is 12.6. The maximum Gasteiger partial charge on any atom is 0.0683 e. The van der Waals surface area contributed by atoms with Crippen LogP contribution in [0, 0.1) is 16.7 Å². The van der Waals surface area contributed by atoms with E-state index in [1.54, 1.807) is 0 Å². The largest absolute Gasteiger partial charge is 0.347 e. The number of hydrogen-bond donors (Lipinski definition) is 1. The Hall–Kier alpha value is -1.79. The van der Waals surface area contributed by atoms with Crippen molar-refractivity contribution in [1.82, 2.24) is 9.88 Å². The van der Waals surface area contributed by atoms with Crippen LogP contribution in [0.2, 0.25) is 0 Å². The summed E-state index contributed by atoms with van der Waals surface area (Å²) in [5, 5.41) is 13.6. The molecule has 0 aliphatic rings. The summed E-state index contributed by atoms with van der Waals surface area (Å²) < 4.78 is 2.31. The summed E-state index contributed by atoms with van der Waals surface area (Å²) >= 11 is 0. The van der Waals surface area contributed by atoms with Crippen molar-refractivity contribution in [3.05, 3.63) is 36.0 Å². The number of nitriles is 1. The fourth-order valence-electron chi connectivity index (χ4n) is 2.61. The molecule has 106 valence electrons. The van der Waals surface area contributed by atoms with Gasteiger partial charge in [-0.2, -0.15) is 5.26 Å². The van der Waals surface area contributed by atoms with E-state index in [9.17, 15) is 0 Å². The van der Waals surface area contributed by atoms with E-state index >= 15 is 0 Å². The number of fused-ring (bicyclic) bond motifs is 1. The Bertz CT molecular complexity index is 617. The number of benzene rings is 1. The molecular formula is C17H23N3. The standard InChI is InChI=1S/C17H23N3/c1-17(2,13-18)9-5-10-20-11-8-14-6-4-7-15(12-19-3)16(14)20/h4,6-8,11,19H,5,9-10,12H2,1-3H3. The summed E-state index contributed by atoms with van der Waals surface area (Å²) in [5.41, 5.74) is 2.42. The van der Waals surface area contributed by atoms with Gasteiger partial charge in [0.05, 0.1) is 17.0 Å². The first-order valence-corrected chi connectivity index (χ1v) is 7.20. The predicted molar refractivity (Wildman–Crippen MR) is 83.3 cm³/mol. The summed E-state index contributed by atoms with van der Waals surface area (Å²) in [4.78, 5) is 0. The summed E-state index contributed by atoms with van der Waals surface area (Å²) in [6.07, 6.45) is 4.11. The van der Waals surface area contributed by atoms with Gasteiger partial charge in [-0.25, -0.2) is 0 Å². The Labute approximate surface area is 121 Å². The molecule has 0 spiro atoms. The van der Waals surface area contributed by atoms with Gasteiger partial charge in [0.25, 0.3) is 0 Å². The van der Waals surface area contributed by atoms with Crippen LogP contribution in [0.3, 0.4) is 0 Å². The van der Waals surface area contributed by atoms with Gasteiger partial charge in [-0.3, -0.25) is 0 Å². The summed E-state index contributed by atoms with van der Waals surface area (Å²) in [6.45, 7) is 5.86. The molecule has 20 heavy (non-hydrogen) atoms. The zero-order chi connectivity index (χ0) is 14.6. The third kappa shape index (κ3) is 3.20. The topological polar surface area (TPSA) is 40.8 Å². The summed E-state index contributed by atoms with van der Waals surface area (Å²) in [6, 6.07) is 11.0. The molecule has 0 unspecified atom stereocenters. The molecule has 0 aliphatic heterocycles. The molecule has 2 aromatic rings. The van der Waals surface area contributed by atoms with E-state index in [0.29, 0.717) is 0 Å². The Morgan fingerprint density at radius 3 is 2.80 bits per heavy atom. The monoisotopic (exact) mass is 269 g/mol. The molecule has 2 rings (SSSR count). The van der Waals surface area contributed by atoms with Crippen LogP contribution in [-0.2, 0) is 13.1 Å². The van der Waals surface area contributed by atoms with Gasteiger partial charge < -0.3 is 9.88 Å². The van der Waals surface area contributed by atoms with Crippen LogP contribution in [0.5, 0.6) is 0 Å². The van der Waals surface area contributed by atoms with E-state index in [-0.39, 0.29) is 5.41 Å². The average molecular weight is 269 g/mol. The van der Waals surface area contributed by atoms with E-state index < -0.39 is 0 Å². The Morgan fingerprint density at radius 1 is 1.30 bits per heavy atom. The highest BCUT2D eigenvalue weighted by molar-refractivity contribution is 5.83. The van der Waals surface area contributed by atoms with Gasteiger partial charge in [-0.1, -0.05) is 18.2 Å². The molecule has 0 radical (unpaired) electrons. The van der Waals surface area contributed by atoms with Gasteiger partial charge in [-0.15, -0.1) is 0 Å². The van der Waals surface area contributed by atoms with E-state index in [0.717, 1.165) is 25.9 Å². The summed E-state index contributed by atoms with van der Waals surface area (Å²) in [7, 11) is 1.97. The minimum Gasteiger partial charge on any atom is -0.347 e. The van der Waals surface area contributed by atoms with E-state index in [2.05, 4.69) is 46.4 Å². The molecule has 0 atom stereocenters. The molecule has 1 N–H and O–H groups in total. The molecular weight excluding hydrogens is 246 g/mol. The molecule has 1 heterocycles. The minimum atomic E-state index is -0.225. The van der Waals surface area contributed by atoms with Crippen LogP contribution in [0.1, 0.15) is 32.3 Å². The predicted octanol–water partition coefficient (Wildman–Crippen LogP) is 3.69. The van der Waals surface area contributed by atoms with Crippen LogP contribution < -0.4 is 5.32 Å². The second-order valence-corrected chi connectivity index (χ2v) is 5.99. The van der Waals surface area contributed by atoms with Crippen molar-refractivity contribution in [3.8, 4) is 6.07 Å². The number of hydrogen-bond acceptors (Lipinski definition) is 2. The fraction of sp³-hybridized carbons (Fsp3) is 0.471. The number of nitrogens with zero attached hydrogens (tertiary/aromatic N) is 2. The highest BCUT2D eigenvalue weighted by Crippen LogP contribution is 2.24. The Kier molecular flexibility index (Phi) is 4.46. The van der Waals surface area contributed by atoms with Gasteiger partial charge in [0.15, 0.2) is 0 Å². The van der Waals surface area contributed by atoms with E-state index in [1.165, 1.54) is 16.5 Å². The van der Waals surface area contributed by atoms with Crippen molar-refractivity contribution in [1.29, 1.82) is 5.26 Å². The molecule has 0 saturated carbocycles.